The molecule has 32 heavy (non-hydrogen) atoms. The first-order valence-electron chi connectivity index (χ1n) is 10.8. The second-order valence-corrected chi connectivity index (χ2v) is 7.74. The minimum atomic E-state index is -0.117. The normalized spacial score (nSPS) is 15.4. The Morgan fingerprint density at radius 1 is 1.16 bits per heavy atom. The van der Waals surface area contributed by atoms with E-state index in [1.165, 1.54) is 6.20 Å². The molecule has 1 aromatic heterocycles. The average molecular weight is 437 g/mol. The van der Waals surface area contributed by atoms with Gasteiger partial charge in [-0.25, -0.2) is 0 Å². The third-order valence-corrected chi connectivity index (χ3v) is 5.79. The van der Waals surface area contributed by atoms with Crippen LogP contribution in [0.4, 0.5) is 0 Å². The van der Waals surface area contributed by atoms with Gasteiger partial charge in [0.05, 0.1) is 44.6 Å². The summed E-state index contributed by atoms with van der Waals surface area (Å²) in [5.41, 5.74) is 1.74. The Bertz CT molecular complexity index is 1110. The fourth-order valence-electron chi connectivity index (χ4n) is 4.02. The predicted octanol–water partition coefficient (Wildman–Crippen LogP) is 1.98. The molecule has 0 radical (unpaired) electrons. The smallest absolute Gasteiger partial charge is 0.221 e. The van der Waals surface area contributed by atoms with E-state index < -0.39 is 0 Å². The molecule has 0 spiro atoms. The van der Waals surface area contributed by atoms with Crippen molar-refractivity contribution in [3.8, 4) is 5.75 Å². The van der Waals surface area contributed by atoms with Crippen LogP contribution in [0.1, 0.15) is 18.0 Å². The van der Waals surface area contributed by atoms with Crippen LogP contribution in [0.25, 0.3) is 10.9 Å². The molecule has 0 unspecified atom stereocenters. The molecule has 0 saturated carbocycles. The highest BCUT2D eigenvalue weighted by Gasteiger charge is 2.23. The van der Waals surface area contributed by atoms with Crippen LogP contribution in [0.15, 0.2) is 59.5 Å². The van der Waals surface area contributed by atoms with E-state index in [0.29, 0.717) is 31.7 Å². The van der Waals surface area contributed by atoms with Gasteiger partial charge in [-0.3, -0.25) is 19.2 Å². The Kier molecular flexibility index (Phi) is 7.14. The van der Waals surface area contributed by atoms with Gasteiger partial charge in [-0.15, -0.1) is 0 Å². The van der Waals surface area contributed by atoms with Gasteiger partial charge < -0.3 is 14.8 Å². The Morgan fingerprint density at radius 2 is 1.91 bits per heavy atom. The number of nitrogens with zero attached hydrogens (tertiary/aromatic N) is 3. The summed E-state index contributed by atoms with van der Waals surface area (Å²) in [6.07, 6.45) is 1.58. The van der Waals surface area contributed by atoms with Crippen LogP contribution < -0.4 is 15.5 Å². The zero-order valence-corrected chi connectivity index (χ0v) is 18.2. The van der Waals surface area contributed by atoms with Crippen LogP contribution >= 0.6 is 0 Å². The molecule has 1 atom stereocenters. The lowest BCUT2D eigenvalue weighted by Crippen LogP contribution is -2.43. The van der Waals surface area contributed by atoms with Crippen LogP contribution in [-0.2, 0) is 16.1 Å². The number of carbonyl (C=O) groups is 1. The van der Waals surface area contributed by atoms with Gasteiger partial charge in [-0.05, 0) is 29.8 Å². The predicted molar refractivity (Wildman–Crippen MR) is 122 cm³/mol. The standard InChI is InChI=1S/C24H28N4O4/c1-31-19-8-6-18(7-9-19)22(27-12-14-32-15-13-27)16-25-24(30)10-11-28-21-5-3-2-4-20(21)23(29)17-26-28/h2-9,17,22H,10-16H2,1H3,(H,25,30)/t22-/m1/s1. The first kappa shape index (κ1) is 22.0. The van der Waals surface area contributed by atoms with E-state index in [4.69, 9.17) is 9.47 Å². The molecule has 1 amide bonds. The van der Waals surface area contributed by atoms with E-state index in [1.54, 1.807) is 17.9 Å². The molecule has 1 aliphatic heterocycles. The summed E-state index contributed by atoms with van der Waals surface area (Å²) < 4.78 is 12.5. The summed E-state index contributed by atoms with van der Waals surface area (Å²) in [7, 11) is 1.65. The maximum atomic E-state index is 12.7. The Labute approximate surface area is 186 Å². The van der Waals surface area contributed by atoms with E-state index in [9.17, 15) is 9.59 Å². The highest BCUT2D eigenvalue weighted by atomic mass is 16.5. The topological polar surface area (TPSA) is 85.7 Å². The molecule has 3 aromatic rings. The van der Waals surface area contributed by atoms with Gasteiger partial charge in [0, 0.05) is 31.4 Å². The monoisotopic (exact) mass is 436 g/mol. The van der Waals surface area contributed by atoms with Crippen LogP contribution in [-0.4, -0.2) is 60.5 Å². The van der Waals surface area contributed by atoms with Crippen LogP contribution in [0, 0.1) is 0 Å². The number of rotatable bonds is 8. The maximum Gasteiger partial charge on any atom is 0.221 e. The largest absolute Gasteiger partial charge is 0.497 e. The number of para-hydroxylation sites is 1. The molecule has 1 saturated heterocycles. The van der Waals surface area contributed by atoms with Gasteiger partial charge in [-0.2, -0.15) is 5.10 Å². The third-order valence-electron chi connectivity index (χ3n) is 5.79. The number of amides is 1. The first-order chi connectivity index (χ1) is 15.7. The molecule has 1 N–H and O–H groups in total. The number of hydrogen-bond acceptors (Lipinski definition) is 6. The molecule has 0 aliphatic carbocycles. The number of nitrogens with one attached hydrogen (secondary N) is 1. The fraction of sp³-hybridized carbons (Fsp3) is 0.375. The highest BCUT2D eigenvalue weighted by molar-refractivity contribution is 5.79. The van der Waals surface area contributed by atoms with Crippen molar-refractivity contribution in [2.24, 2.45) is 0 Å². The molecule has 2 aromatic carbocycles. The van der Waals surface area contributed by atoms with Crippen molar-refractivity contribution in [3.05, 3.63) is 70.5 Å². The highest BCUT2D eigenvalue weighted by Crippen LogP contribution is 2.23. The molecular weight excluding hydrogens is 408 g/mol. The Balaban J connectivity index is 1.41. The maximum absolute atomic E-state index is 12.7. The van der Waals surface area contributed by atoms with Crippen molar-refractivity contribution in [2.45, 2.75) is 19.0 Å². The average Bonchev–Trinajstić information content (AvgIpc) is 2.85. The van der Waals surface area contributed by atoms with Crippen LogP contribution in [0.5, 0.6) is 5.75 Å². The summed E-state index contributed by atoms with van der Waals surface area (Å²) in [6, 6.07) is 15.3. The Morgan fingerprint density at radius 3 is 2.66 bits per heavy atom. The number of benzene rings is 2. The molecular formula is C24H28N4O4. The lowest BCUT2D eigenvalue weighted by Gasteiger charge is -2.35. The van der Waals surface area contributed by atoms with Gasteiger partial charge in [-0.1, -0.05) is 24.3 Å². The SMILES string of the molecule is COc1ccc([C@@H](CNC(=O)CCn2ncc(=O)c3ccccc32)N2CCOCC2)cc1. The molecule has 8 heteroatoms. The minimum Gasteiger partial charge on any atom is -0.497 e. The lowest BCUT2D eigenvalue weighted by molar-refractivity contribution is -0.121. The first-order valence-corrected chi connectivity index (χ1v) is 10.8. The number of methoxy groups -OCH3 is 1. The number of morpholine rings is 1. The molecule has 4 rings (SSSR count). The minimum absolute atomic E-state index is 0.0543. The summed E-state index contributed by atoms with van der Waals surface area (Å²) in [5, 5.41) is 7.89. The number of ether oxygens (including phenoxy) is 2. The second kappa shape index (κ2) is 10.4. The van der Waals surface area contributed by atoms with E-state index in [2.05, 4.69) is 15.3 Å². The molecule has 0 bridgehead atoms. The van der Waals surface area contributed by atoms with Crippen molar-refractivity contribution in [1.82, 2.24) is 20.0 Å². The van der Waals surface area contributed by atoms with Crippen molar-refractivity contribution in [1.29, 1.82) is 0 Å². The summed E-state index contributed by atoms with van der Waals surface area (Å²) in [4.78, 5) is 27.0. The van der Waals surface area contributed by atoms with Gasteiger partial charge in [0.2, 0.25) is 11.3 Å². The number of aryl methyl sites for hydroxylation is 1. The third kappa shape index (κ3) is 5.15. The fourth-order valence-corrected chi connectivity index (χ4v) is 4.02. The van der Waals surface area contributed by atoms with Crippen molar-refractivity contribution in [3.63, 3.8) is 0 Å². The second-order valence-electron chi connectivity index (χ2n) is 7.74. The van der Waals surface area contributed by atoms with Gasteiger partial charge in [0.15, 0.2) is 0 Å². The summed E-state index contributed by atoms with van der Waals surface area (Å²) >= 11 is 0. The summed E-state index contributed by atoms with van der Waals surface area (Å²) in [5.74, 6) is 0.751. The molecule has 2 heterocycles. The van der Waals surface area contributed by atoms with Gasteiger partial charge in [0.1, 0.15) is 5.75 Å². The van der Waals surface area contributed by atoms with Crippen molar-refractivity contribution < 1.29 is 14.3 Å². The van der Waals surface area contributed by atoms with Gasteiger partial charge in [0.25, 0.3) is 0 Å². The van der Waals surface area contributed by atoms with Gasteiger partial charge >= 0.3 is 0 Å². The van der Waals surface area contributed by atoms with Crippen molar-refractivity contribution >= 4 is 16.8 Å². The molecule has 168 valence electrons. The molecule has 1 fully saturated rings. The number of hydrogen-bond donors (Lipinski definition) is 1. The quantitative estimate of drug-likeness (QED) is 0.581. The lowest BCUT2D eigenvalue weighted by atomic mass is 10.0. The number of aromatic nitrogens is 2. The molecule has 8 nitrogen and oxygen atoms in total. The van der Waals surface area contributed by atoms with E-state index in [0.717, 1.165) is 29.9 Å². The number of fused-ring (bicyclic) bond motifs is 1. The molecule has 1 aliphatic rings. The zero-order chi connectivity index (χ0) is 22.3. The van der Waals surface area contributed by atoms with E-state index in [1.807, 2.05) is 42.5 Å². The zero-order valence-electron chi connectivity index (χ0n) is 18.2. The van der Waals surface area contributed by atoms with Crippen molar-refractivity contribution in [2.75, 3.05) is 40.0 Å². The van der Waals surface area contributed by atoms with E-state index >= 15 is 0 Å². The number of carbonyl (C=O) groups excluding carboxylic acids is 1. The van der Waals surface area contributed by atoms with Crippen LogP contribution in [0.2, 0.25) is 0 Å². The summed E-state index contributed by atoms with van der Waals surface area (Å²) in [6.45, 7) is 3.91. The van der Waals surface area contributed by atoms with Crippen LogP contribution in [0.3, 0.4) is 0 Å². The van der Waals surface area contributed by atoms with E-state index in [-0.39, 0.29) is 23.8 Å². The Hall–Kier alpha value is -3.23.